The first-order chi connectivity index (χ1) is 12.1. The van der Waals surface area contributed by atoms with Gasteiger partial charge in [-0.3, -0.25) is 0 Å². The molecule has 5 heteroatoms. The molecule has 0 spiro atoms. The predicted molar refractivity (Wildman–Crippen MR) is 95.8 cm³/mol. The minimum atomic E-state index is -0.939. The van der Waals surface area contributed by atoms with Crippen molar-refractivity contribution in [2.24, 2.45) is 0 Å². The normalized spacial score (nSPS) is 10.8. The molecule has 25 heavy (non-hydrogen) atoms. The first kappa shape index (κ1) is 16.8. The lowest BCUT2D eigenvalue weighted by Gasteiger charge is -2.14. The van der Waals surface area contributed by atoms with E-state index in [4.69, 9.17) is 9.84 Å². The number of phenols is 1. The number of aromatic nitrogens is 1. The summed E-state index contributed by atoms with van der Waals surface area (Å²) in [5.74, 6) is -0.714. The van der Waals surface area contributed by atoms with Crippen LogP contribution in [0.5, 0.6) is 5.75 Å². The first-order valence-electron chi connectivity index (χ1n) is 7.92. The second kappa shape index (κ2) is 7.23. The van der Waals surface area contributed by atoms with Gasteiger partial charge in [-0.2, -0.15) is 0 Å². The molecule has 2 N–H and O–H groups in total. The number of aromatic hydroxyl groups is 1. The number of phenolic OH excluding ortho intramolecular Hbond substituents is 1. The predicted octanol–water partition coefficient (Wildman–Crippen LogP) is 3.87. The first-order valence-corrected chi connectivity index (χ1v) is 7.92. The quantitative estimate of drug-likeness (QED) is 0.716. The molecule has 0 aliphatic rings. The third-order valence-corrected chi connectivity index (χ3v) is 4.09. The number of carbonyl (C=O) groups is 1. The van der Waals surface area contributed by atoms with Crippen LogP contribution < -0.4 is 0 Å². The van der Waals surface area contributed by atoms with E-state index in [0.29, 0.717) is 13.2 Å². The fourth-order valence-electron chi connectivity index (χ4n) is 2.81. The highest BCUT2D eigenvalue weighted by molar-refractivity contribution is 5.88. The molecule has 128 valence electrons. The fraction of sp³-hybridized carbons (Fsp3) is 0.150. The SMILES string of the molecule is COCCn1c(-c2ccc(O)cc2)ccc1-c1ccc(C(=O)O)cc1. The summed E-state index contributed by atoms with van der Waals surface area (Å²) in [6, 6.07) is 17.9. The van der Waals surface area contributed by atoms with Gasteiger partial charge in [-0.1, -0.05) is 12.1 Å². The van der Waals surface area contributed by atoms with Crippen molar-refractivity contribution in [1.82, 2.24) is 4.57 Å². The smallest absolute Gasteiger partial charge is 0.335 e. The van der Waals surface area contributed by atoms with Crippen LogP contribution in [0.15, 0.2) is 60.7 Å². The zero-order chi connectivity index (χ0) is 17.8. The molecule has 0 amide bonds. The molecule has 0 bridgehead atoms. The number of nitrogens with zero attached hydrogens (tertiary/aromatic N) is 1. The van der Waals surface area contributed by atoms with E-state index in [1.807, 2.05) is 36.4 Å². The third-order valence-electron chi connectivity index (χ3n) is 4.09. The summed E-state index contributed by atoms with van der Waals surface area (Å²) >= 11 is 0. The molecular formula is C20H19NO4. The van der Waals surface area contributed by atoms with Gasteiger partial charge in [0.25, 0.3) is 0 Å². The average Bonchev–Trinajstić information content (AvgIpc) is 3.04. The molecule has 3 aromatic rings. The Balaban J connectivity index is 2.04. The molecule has 5 nitrogen and oxygen atoms in total. The van der Waals surface area contributed by atoms with Crippen LogP contribution in [0.25, 0.3) is 22.5 Å². The minimum Gasteiger partial charge on any atom is -0.508 e. The second-order valence-corrected chi connectivity index (χ2v) is 5.68. The monoisotopic (exact) mass is 337 g/mol. The van der Waals surface area contributed by atoms with Crippen molar-refractivity contribution in [1.29, 1.82) is 0 Å². The molecule has 0 atom stereocenters. The Kier molecular flexibility index (Phi) is 4.86. The number of carboxylic acids is 1. The van der Waals surface area contributed by atoms with Gasteiger partial charge < -0.3 is 19.5 Å². The molecule has 0 aliphatic heterocycles. The minimum absolute atomic E-state index is 0.225. The van der Waals surface area contributed by atoms with Gasteiger partial charge in [-0.05, 0) is 59.7 Å². The summed E-state index contributed by atoms with van der Waals surface area (Å²) in [4.78, 5) is 11.0. The Morgan fingerprint density at radius 1 is 0.920 bits per heavy atom. The van der Waals surface area contributed by atoms with Crippen LogP contribution in [0.3, 0.4) is 0 Å². The fourth-order valence-corrected chi connectivity index (χ4v) is 2.81. The number of hydrogen-bond acceptors (Lipinski definition) is 3. The van der Waals surface area contributed by atoms with Crippen molar-refractivity contribution < 1.29 is 19.7 Å². The van der Waals surface area contributed by atoms with Crippen molar-refractivity contribution in [3.8, 4) is 28.3 Å². The summed E-state index contributed by atoms with van der Waals surface area (Å²) in [6.45, 7) is 1.22. The van der Waals surface area contributed by atoms with Crippen LogP contribution in [0, 0.1) is 0 Å². The summed E-state index contributed by atoms with van der Waals surface area (Å²) in [6.07, 6.45) is 0. The summed E-state index contributed by atoms with van der Waals surface area (Å²) in [5.41, 5.74) is 4.18. The van der Waals surface area contributed by atoms with Crippen molar-refractivity contribution in [3.05, 3.63) is 66.2 Å². The molecule has 0 radical (unpaired) electrons. The van der Waals surface area contributed by atoms with Crippen molar-refractivity contribution in [2.45, 2.75) is 6.54 Å². The van der Waals surface area contributed by atoms with Gasteiger partial charge in [0.15, 0.2) is 0 Å². The third kappa shape index (κ3) is 3.56. The Morgan fingerprint density at radius 3 is 1.92 bits per heavy atom. The van der Waals surface area contributed by atoms with Gasteiger partial charge in [0, 0.05) is 25.0 Å². The number of ether oxygens (including phenoxy) is 1. The lowest BCUT2D eigenvalue weighted by atomic mass is 10.1. The summed E-state index contributed by atoms with van der Waals surface area (Å²) in [5, 5.41) is 18.5. The number of benzene rings is 2. The molecule has 0 aliphatic carbocycles. The molecule has 3 rings (SSSR count). The molecule has 0 fully saturated rings. The molecule has 0 saturated heterocycles. The lowest BCUT2D eigenvalue weighted by Crippen LogP contribution is -2.07. The highest BCUT2D eigenvalue weighted by Crippen LogP contribution is 2.30. The van der Waals surface area contributed by atoms with E-state index in [1.54, 1.807) is 31.4 Å². The maximum atomic E-state index is 11.0. The largest absolute Gasteiger partial charge is 0.508 e. The lowest BCUT2D eigenvalue weighted by molar-refractivity contribution is 0.0697. The zero-order valence-corrected chi connectivity index (χ0v) is 13.8. The summed E-state index contributed by atoms with van der Waals surface area (Å²) < 4.78 is 7.36. The van der Waals surface area contributed by atoms with Gasteiger partial charge in [0.2, 0.25) is 0 Å². The van der Waals surface area contributed by atoms with E-state index in [-0.39, 0.29) is 11.3 Å². The molecule has 0 saturated carbocycles. The van der Waals surface area contributed by atoms with Gasteiger partial charge in [0.1, 0.15) is 5.75 Å². The highest BCUT2D eigenvalue weighted by atomic mass is 16.5. The van der Waals surface area contributed by atoms with Gasteiger partial charge in [-0.15, -0.1) is 0 Å². The Labute approximate surface area is 145 Å². The van der Waals surface area contributed by atoms with Gasteiger partial charge in [0.05, 0.1) is 12.2 Å². The van der Waals surface area contributed by atoms with Crippen LogP contribution in [0.1, 0.15) is 10.4 Å². The van der Waals surface area contributed by atoms with Gasteiger partial charge in [-0.25, -0.2) is 4.79 Å². The zero-order valence-electron chi connectivity index (χ0n) is 13.8. The summed E-state index contributed by atoms with van der Waals surface area (Å²) in [7, 11) is 1.66. The molecule has 1 aromatic heterocycles. The maximum absolute atomic E-state index is 11.0. The van der Waals surface area contributed by atoms with Crippen LogP contribution in [-0.2, 0) is 11.3 Å². The van der Waals surface area contributed by atoms with Crippen molar-refractivity contribution in [2.75, 3.05) is 13.7 Å². The number of rotatable bonds is 6. The van der Waals surface area contributed by atoms with E-state index in [1.165, 1.54) is 0 Å². The second-order valence-electron chi connectivity index (χ2n) is 5.68. The van der Waals surface area contributed by atoms with E-state index in [2.05, 4.69) is 4.57 Å². The van der Waals surface area contributed by atoms with Crippen molar-refractivity contribution in [3.63, 3.8) is 0 Å². The number of hydrogen-bond donors (Lipinski definition) is 2. The topological polar surface area (TPSA) is 71.7 Å². The Hall–Kier alpha value is -3.05. The average molecular weight is 337 g/mol. The van der Waals surface area contributed by atoms with E-state index in [0.717, 1.165) is 22.5 Å². The van der Waals surface area contributed by atoms with Crippen molar-refractivity contribution >= 4 is 5.97 Å². The molecule has 1 heterocycles. The molecule has 2 aromatic carbocycles. The Morgan fingerprint density at radius 2 is 1.44 bits per heavy atom. The Bertz CT molecular complexity index is 864. The molecular weight excluding hydrogens is 318 g/mol. The number of carboxylic acid groups (broad SMARTS) is 1. The van der Waals surface area contributed by atoms with E-state index >= 15 is 0 Å². The number of aromatic carboxylic acids is 1. The van der Waals surface area contributed by atoms with Crippen LogP contribution >= 0.6 is 0 Å². The maximum Gasteiger partial charge on any atom is 0.335 e. The van der Waals surface area contributed by atoms with Crippen LogP contribution in [0.4, 0.5) is 0 Å². The van der Waals surface area contributed by atoms with E-state index in [9.17, 15) is 9.90 Å². The van der Waals surface area contributed by atoms with Gasteiger partial charge >= 0.3 is 5.97 Å². The highest BCUT2D eigenvalue weighted by Gasteiger charge is 2.12. The van der Waals surface area contributed by atoms with E-state index < -0.39 is 5.97 Å². The molecule has 0 unspecified atom stereocenters. The van der Waals surface area contributed by atoms with Crippen LogP contribution in [-0.4, -0.2) is 34.5 Å². The van der Waals surface area contributed by atoms with Crippen LogP contribution in [0.2, 0.25) is 0 Å². The standard InChI is InChI=1S/C20H19NO4/c1-25-13-12-21-18(14-2-4-16(5-3-14)20(23)24)10-11-19(21)15-6-8-17(22)9-7-15/h2-11,22H,12-13H2,1H3,(H,23,24). The number of methoxy groups -OCH3 is 1.